The highest BCUT2D eigenvalue weighted by Gasteiger charge is 2.05. The van der Waals surface area contributed by atoms with Crippen LogP contribution < -0.4 is 0 Å². The molecule has 0 aliphatic carbocycles. The molecule has 1 aromatic carbocycles. The SMILES string of the molecule is Fc1cccc(-c2cc(CCl)c(Cl)cn2)c1. The van der Waals surface area contributed by atoms with E-state index in [0.29, 0.717) is 22.2 Å². The Kier molecular flexibility index (Phi) is 3.42. The van der Waals surface area contributed by atoms with E-state index in [4.69, 9.17) is 23.2 Å². The molecule has 1 aromatic heterocycles. The summed E-state index contributed by atoms with van der Waals surface area (Å²) < 4.78 is 13.0. The van der Waals surface area contributed by atoms with E-state index in [0.717, 1.165) is 5.56 Å². The molecule has 0 N–H and O–H groups in total. The van der Waals surface area contributed by atoms with Crippen LogP contribution in [-0.4, -0.2) is 4.98 Å². The highest BCUT2D eigenvalue weighted by Crippen LogP contribution is 2.24. The molecule has 1 nitrogen and oxygen atoms in total. The molecule has 0 spiro atoms. The van der Waals surface area contributed by atoms with Crippen molar-refractivity contribution in [3.63, 3.8) is 0 Å². The van der Waals surface area contributed by atoms with Crippen molar-refractivity contribution in [3.05, 3.63) is 52.9 Å². The van der Waals surface area contributed by atoms with E-state index in [1.807, 2.05) is 0 Å². The summed E-state index contributed by atoms with van der Waals surface area (Å²) in [4.78, 5) is 4.14. The molecule has 0 amide bonds. The summed E-state index contributed by atoms with van der Waals surface area (Å²) in [5, 5.41) is 0.523. The van der Waals surface area contributed by atoms with Crippen LogP contribution in [0, 0.1) is 5.82 Å². The molecule has 0 saturated heterocycles. The zero-order valence-electron chi connectivity index (χ0n) is 8.25. The number of alkyl halides is 1. The van der Waals surface area contributed by atoms with Gasteiger partial charge in [-0.3, -0.25) is 4.98 Å². The number of hydrogen-bond acceptors (Lipinski definition) is 1. The summed E-state index contributed by atoms with van der Waals surface area (Å²) >= 11 is 11.6. The summed E-state index contributed by atoms with van der Waals surface area (Å²) in [6.45, 7) is 0. The summed E-state index contributed by atoms with van der Waals surface area (Å²) in [5.74, 6) is 0.0191. The van der Waals surface area contributed by atoms with Crippen molar-refractivity contribution in [2.45, 2.75) is 5.88 Å². The Labute approximate surface area is 103 Å². The van der Waals surface area contributed by atoms with Crippen molar-refractivity contribution >= 4 is 23.2 Å². The van der Waals surface area contributed by atoms with Gasteiger partial charge in [0.1, 0.15) is 5.82 Å². The van der Waals surface area contributed by atoms with E-state index in [9.17, 15) is 4.39 Å². The molecule has 0 aliphatic rings. The summed E-state index contributed by atoms with van der Waals surface area (Å²) in [6.07, 6.45) is 1.53. The van der Waals surface area contributed by atoms with Crippen LogP contribution in [-0.2, 0) is 5.88 Å². The molecular formula is C12H8Cl2FN. The summed E-state index contributed by atoms with van der Waals surface area (Å²) in [6, 6.07) is 8.01. The molecule has 0 fully saturated rings. The number of nitrogens with zero attached hydrogens (tertiary/aromatic N) is 1. The highest BCUT2D eigenvalue weighted by atomic mass is 35.5. The van der Waals surface area contributed by atoms with Gasteiger partial charge in [0.05, 0.1) is 10.7 Å². The minimum absolute atomic E-state index is 0.290. The molecule has 4 heteroatoms. The topological polar surface area (TPSA) is 12.9 Å². The third kappa shape index (κ3) is 2.34. The van der Waals surface area contributed by atoms with Crippen LogP contribution in [0.4, 0.5) is 4.39 Å². The summed E-state index contributed by atoms with van der Waals surface area (Å²) in [5.41, 5.74) is 2.17. The van der Waals surface area contributed by atoms with Gasteiger partial charge in [0.25, 0.3) is 0 Å². The third-order valence-electron chi connectivity index (χ3n) is 2.20. The second kappa shape index (κ2) is 4.81. The Morgan fingerprint density at radius 2 is 2.06 bits per heavy atom. The maximum Gasteiger partial charge on any atom is 0.123 e. The molecule has 0 saturated carbocycles. The van der Waals surface area contributed by atoms with Gasteiger partial charge in [0.15, 0.2) is 0 Å². The lowest BCUT2D eigenvalue weighted by Gasteiger charge is -2.04. The summed E-state index contributed by atoms with van der Waals surface area (Å²) in [7, 11) is 0. The van der Waals surface area contributed by atoms with Crippen molar-refractivity contribution in [2.24, 2.45) is 0 Å². The fourth-order valence-electron chi connectivity index (χ4n) is 1.39. The van der Waals surface area contributed by atoms with Crippen molar-refractivity contribution in [1.82, 2.24) is 4.98 Å². The second-order valence-corrected chi connectivity index (χ2v) is 3.98. The quantitative estimate of drug-likeness (QED) is 0.731. The number of pyridine rings is 1. The largest absolute Gasteiger partial charge is 0.255 e. The minimum atomic E-state index is -0.290. The van der Waals surface area contributed by atoms with Gasteiger partial charge in [0, 0.05) is 17.6 Å². The molecule has 82 valence electrons. The Hall–Kier alpha value is -1.12. The van der Waals surface area contributed by atoms with Gasteiger partial charge in [-0.15, -0.1) is 11.6 Å². The van der Waals surface area contributed by atoms with Gasteiger partial charge >= 0.3 is 0 Å². The van der Waals surface area contributed by atoms with Gasteiger partial charge in [-0.2, -0.15) is 0 Å². The van der Waals surface area contributed by atoms with Crippen LogP contribution in [0.1, 0.15) is 5.56 Å². The van der Waals surface area contributed by atoms with E-state index < -0.39 is 0 Å². The normalized spacial score (nSPS) is 10.4. The van der Waals surface area contributed by atoms with Gasteiger partial charge < -0.3 is 0 Å². The van der Waals surface area contributed by atoms with E-state index >= 15 is 0 Å². The first-order chi connectivity index (χ1) is 7.70. The molecule has 0 bridgehead atoms. The van der Waals surface area contributed by atoms with E-state index in [-0.39, 0.29) is 5.82 Å². The van der Waals surface area contributed by atoms with Crippen molar-refractivity contribution in [2.75, 3.05) is 0 Å². The second-order valence-electron chi connectivity index (χ2n) is 3.30. The van der Waals surface area contributed by atoms with E-state index in [2.05, 4.69) is 4.98 Å². The van der Waals surface area contributed by atoms with Crippen molar-refractivity contribution < 1.29 is 4.39 Å². The number of benzene rings is 1. The Morgan fingerprint density at radius 3 is 2.75 bits per heavy atom. The molecular weight excluding hydrogens is 248 g/mol. The number of halogens is 3. The average Bonchev–Trinajstić information content (AvgIpc) is 2.29. The van der Waals surface area contributed by atoms with Crippen LogP contribution in [0.3, 0.4) is 0 Å². The first-order valence-corrected chi connectivity index (χ1v) is 5.58. The molecule has 1 heterocycles. The molecule has 0 unspecified atom stereocenters. The zero-order valence-corrected chi connectivity index (χ0v) is 9.76. The first-order valence-electron chi connectivity index (χ1n) is 4.67. The van der Waals surface area contributed by atoms with Crippen LogP contribution in [0.25, 0.3) is 11.3 Å². The minimum Gasteiger partial charge on any atom is -0.255 e. The average molecular weight is 256 g/mol. The van der Waals surface area contributed by atoms with Crippen molar-refractivity contribution in [1.29, 1.82) is 0 Å². The molecule has 2 aromatic rings. The fraction of sp³-hybridized carbons (Fsp3) is 0.0833. The lowest BCUT2D eigenvalue weighted by Crippen LogP contribution is -1.88. The number of rotatable bonds is 2. The van der Waals surface area contributed by atoms with Gasteiger partial charge in [0.2, 0.25) is 0 Å². The van der Waals surface area contributed by atoms with Crippen LogP contribution >= 0.6 is 23.2 Å². The Balaban J connectivity index is 2.48. The lowest BCUT2D eigenvalue weighted by atomic mass is 10.1. The predicted molar refractivity (Wildman–Crippen MR) is 64.2 cm³/mol. The van der Waals surface area contributed by atoms with Crippen LogP contribution in [0.2, 0.25) is 5.02 Å². The highest BCUT2D eigenvalue weighted by molar-refractivity contribution is 6.32. The van der Waals surface area contributed by atoms with Gasteiger partial charge in [-0.05, 0) is 23.8 Å². The van der Waals surface area contributed by atoms with Crippen LogP contribution in [0.5, 0.6) is 0 Å². The van der Waals surface area contributed by atoms with Gasteiger partial charge in [-0.25, -0.2) is 4.39 Å². The fourth-order valence-corrected chi connectivity index (χ4v) is 1.85. The monoisotopic (exact) mass is 255 g/mol. The van der Waals surface area contributed by atoms with Crippen LogP contribution in [0.15, 0.2) is 36.5 Å². The van der Waals surface area contributed by atoms with E-state index in [1.165, 1.54) is 18.3 Å². The lowest BCUT2D eigenvalue weighted by molar-refractivity contribution is 0.628. The number of aromatic nitrogens is 1. The maximum absolute atomic E-state index is 13.0. The molecule has 16 heavy (non-hydrogen) atoms. The Bertz CT molecular complexity index is 514. The van der Waals surface area contributed by atoms with Gasteiger partial charge in [-0.1, -0.05) is 23.7 Å². The zero-order chi connectivity index (χ0) is 11.5. The van der Waals surface area contributed by atoms with Crippen molar-refractivity contribution in [3.8, 4) is 11.3 Å². The Morgan fingerprint density at radius 1 is 1.25 bits per heavy atom. The third-order valence-corrected chi connectivity index (χ3v) is 2.83. The molecule has 2 rings (SSSR count). The standard InChI is InChI=1S/C12H8Cl2FN/c13-6-9-5-12(16-7-11(9)14)8-2-1-3-10(15)4-8/h1-5,7H,6H2. The smallest absolute Gasteiger partial charge is 0.123 e. The molecule has 0 atom stereocenters. The first kappa shape index (κ1) is 11.4. The number of hydrogen-bond donors (Lipinski definition) is 0. The predicted octanol–water partition coefficient (Wildman–Crippen LogP) is 4.28. The molecule has 0 radical (unpaired) electrons. The maximum atomic E-state index is 13.0. The van der Waals surface area contributed by atoms with E-state index in [1.54, 1.807) is 18.2 Å². The molecule has 0 aliphatic heterocycles.